The Hall–Kier alpha value is -2.73. The summed E-state index contributed by atoms with van der Waals surface area (Å²) in [6.45, 7) is -3.14. The lowest BCUT2D eigenvalue weighted by molar-refractivity contribution is -0.143. The molecule has 142 valence electrons. The minimum absolute atomic E-state index is 0.263. The first-order valence-corrected chi connectivity index (χ1v) is 7.03. The van der Waals surface area contributed by atoms with Crippen molar-refractivity contribution < 1.29 is 49.5 Å². The van der Waals surface area contributed by atoms with Crippen LogP contribution in [0.2, 0.25) is 0 Å². The lowest BCUT2D eigenvalue weighted by Gasteiger charge is -2.28. The third-order valence-electron chi connectivity index (χ3n) is 2.93. The topological polar surface area (TPSA) is 193 Å². The van der Waals surface area contributed by atoms with Crippen molar-refractivity contribution in [2.24, 2.45) is 5.92 Å². The van der Waals surface area contributed by atoms with Crippen LogP contribution in [0.15, 0.2) is 0 Å². The van der Waals surface area contributed by atoms with Gasteiger partial charge >= 0.3 is 29.8 Å². The molecule has 0 heterocycles. The minimum atomic E-state index is -1.32. The van der Waals surface area contributed by atoms with Crippen molar-refractivity contribution in [2.45, 2.75) is 6.42 Å². The van der Waals surface area contributed by atoms with Crippen LogP contribution in [0.3, 0.4) is 0 Å². The van der Waals surface area contributed by atoms with E-state index in [1.165, 1.54) is 0 Å². The van der Waals surface area contributed by atoms with Gasteiger partial charge in [-0.05, 0) is 5.92 Å². The Balaban J connectivity index is 5.17. The van der Waals surface area contributed by atoms with Crippen LogP contribution in [0, 0.1) is 5.92 Å². The third kappa shape index (κ3) is 12.4. The molecular formula is C13H20N2O10. The van der Waals surface area contributed by atoms with E-state index in [1.54, 1.807) is 0 Å². The van der Waals surface area contributed by atoms with E-state index < -0.39 is 68.4 Å². The molecule has 25 heavy (non-hydrogen) atoms. The molecule has 0 fully saturated rings. The molecule has 0 aromatic heterocycles. The van der Waals surface area contributed by atoms with Crippen molar-refractivity contribution in [3.05, 3.63) is 0 Å². The van der Waals surface area contributed by atoms with Gasteiger partial charge in [0.25, 0.3) is 0 Å². The van der Waals surface area contributed by atoms with Crippen LogP contribution < -0.4 is 0 Å². The number of carboxylic acids is 5. The van der Waals surface area contributed by atoms with Gasteiger partial charge in [-0.3, -0.25) is 33.8 Å². The fourth-order valence-electron chi connectivity index (χ4n) is 2.30. The quantitative estimate of drug-likeness (QED) is 0.228. The van der Waals surface area contributed by atoms with Crippen LogP contribution in [0.25, 0.3) is 0 Å². The summed E-state index contributed by atoms with van der Waals surface area (Å²) in [4.78, 5) is 56.1. The highest BCUT2D eigenvalue weighted by Gasteiger charge is 2.25. The Morgan fingerprint density at radius 1 is 0.560 bits per heavy atom. The first-order chi connectivity index (χ1) is 11.5. The Kier molecular flexibility index (Phi) is 9.74. The number of carboxylic acid groups (broad SMARTS) is 5. The molecule has 0 saturated carbocycles. The van der Waals surface area contributed by atoms with Gasteiger partial charge in [0.05, 0.1) is 32.6 Å². The zero-order valence-corrected chi connectivity index (χ0v) is 13.2. The number of nitrogens with zero attached hydrogens (tertiary/aromatic N) is 2. The molecule has 0 aliphatic heterocycles. The predicted octanol–water partition coefficient (Wildman–Crippen LogP) is -1.98. The zero-order chi connectivity index (χ0) is 19.6. The molecule has 0 spiro atoms. The summed E-state index contributed by atoms with van der Waals surface area (Å²) in [6, 6.07) is 0. The van der Waals surface area contributed by atoms with Crippen LogP contribution in [-0.4, -0.2) is 104 Å². The molecule has 0 bridgehead atoms. The molecule has 0 saturated heterocycles. The molecular weight excluding hydrogens is 344 g/mol. The molecule has 5 N–H and O–H groups in total. The molecule has 0 amide bonds. The maximum absolute atomic E-state index is 11.0. The van der Waals surface area contributed by atoms with Gasteiger partial charge in [0.1, 0.15) is 0 Å². The van der Waals surface area contributed by atoms with Crippen molar-refractivity contribution in [3.63, 3.8) is 0 Å². The van der Waals surface area contributed by atoms with Crippen LogP contribution in [0.5, 0.6) is 0 Å². The van der Waals surface area contributed by atoms with Gasteiger partial charge < -0.3 is 25.5 Å². The Morgan fingerprint density at radius 2 is 0.840 bits per heavy atom. The van der Waals surface area contributed by atoms with Crippen molar-refractivity contribution in [2.75, 3.05) is 39.3 Å². The van der Waals surface area contributed by atoms with E-state index in [1.807, 2.05) is 0 Å². The van der Waals surface area contributed by atoms with E-state index in [9.17, 15) is 24.0 Å². The summed E-state index contributed by atoms with van der Waals surface area (Å²) in [6.07, 6.45) is -0.508. The molecule has 12 heteroatoms. The minimum Gasteiger partial charge on any atom is -0.481 e. The fourth-order valence-corrected chi connectivity index (χ4v) is 2.30. The molecule has 0 unspecified atom stereocenters. The third-order valence-corrected chi connectivity index (χ3v) is 2.93. The van der Waals surface area contributed by atoms with Crippen molar-refractivity contribution in [1.29, 1.82) is 0 Å². The molecule has 0 aliphatic rings. The number of rotatable bonds is 14. The normalized spacial score (nSPS) is 11.0. The zero-order valence-electron chi connectivity index (χ0n) is 13.2. The lowest BCUT2D eigenvalue weighted by atomic mass is 10.0. The van der Waals surface area contributed by atoms with E-state index in [-0.39, 0.29) is 13.1 Å². The van der Waals surface area contributed by atoms with E-state index >= 15 is 0 Å². The van der Waals surface area contributed by atoms with Crippen LogP contribution in [-0.2, 0) is 24.0 Å². The standard InChI is InChI=1S/C13H20N2O10/c16-9(17)1-8(2-14(4-10(18)19)5-11(20)21)3-15(6-12(22)23)7-13(24)25/h8H,1-7H2,(H,16,17)(H,18,19)(H,20,21)(H,22,23)(H,24,25). The summed E-state index contributed by atoms with van der Waals surface area (Å²) < 4.78 is 0. The van der Waals surface area contributed by atoms with Gasteiger partial charge in [0, 0.05) is 13.1 Å². The predicted molar refractivity (Wildman–Crippen MR) is 79.2 cm³/mol. The molecule has 0 radical (unpaired) electrons. The van der Waals surface area contributed by atoms with Crippen molar-refractivity contribution in [3.8, 4) is 0 Å². The first-order valence-electron chi connectivity index (χ1n) is 7.03. The maximum Gasteiger partial charge on any atom is 0.317 e. The van der Waals surface area contributed by atoms with E-state index in [0.29, 0.717) is 0 Å². The van der Waals surface area contributed by atoms with Gasteiger partial charge in [0.15, 0.2) is 0 Å². The highest BCUT2D eigenvalue weighted by Crippen LogP contribution is 2.10. The fraction of sp³-hybridized carbons (Fsp3) is 0.615. The summed E-state index contributed by atoms with van der Waals surface area (Å²) in [5, 5.41) is 44.1. The van der Waals surface area contributed by atoms with Crippen LogP contribution >= 0.6 is 0 Å². The van der Waals surface area contributed by atoms with Crippen LogP contribution in [0.4, 0.5) is 0 Å². The molecule has 0 aromatic carbocycles. The maximum atomic E-state index is 11.0. The Labute approximate surface area is 141 Å². The van der Waals surface area contributed by atoms with Gasteiger partial charge in [-0.15, -0.1) is 0 Å². The summed E-state index contributed by atoms with van der Waals surface area (Å²) in [5.74, 6) is -7.39. The number of hydrogen-bond acceptors (Lipinski definition) is 7. The smallest absolute Gasteiger partial charge is 0.317 e. The van der Waals surface area contributed by atoms with E-state index in [2.05, 4.69) is 0 Å². The molecule has 0 rings (SSSR count). The molecule has 0 aromatic rings. The van der Waals surface area contributed by atoms with Gasteiger partial charge in [-0.1, -0.05) is 0 Å². The number of hydrogen-bond donors (Lipinski definition) is 5. The van der Waals surface area contributed by atoms with E-state index in [4.69, 9.17) is 25.5 Å². The summed E-state index contributed by atoms with van der Waals surface area (Å²) in [5.41, 5.74) is 0. The van der Waals surface area contributed by atoms with Gasteiger partial charge in [-0.2, -0.15) is 0 Å². The monoisotopic (exact) mass is 364 g/mol. The SMILES string of the molecule is O=C(O)CC(CN(CC(=O)O)CC(=O)O)CN(CC(=O)O)CC(=O)O. The van der Waals surface area contributed by atoms with Crippen molar-refractivity contribution in [1.82, 2.24) is 9.80 Å². The summed E-state index contributed by atoms with van der Waals surface area (Å²) >= 11 is 0. The van der Waals surface area contributed by atoms with Gasteiger partial charge in [-0.25, -0.2) is 0 Å². The second-order valence-electron chi connectivity index (χ2n) is 5.38. The van der Waals surface area contributed by atoms with Gasteiger partial charge in [0.2, 0.25) is 0 Å². The van der Waals surface area contributed by atoms with Crippen LogP contribution in [0.1, 0.15) is 6.42 Å². The Morgan fingerprint density at radius 3 is 1.04 bits per heavy atom. The number of aliphatic carboxylic acids is 5. The van der Waals surface area contributed by atoms with Crippen molar-refractivity contribution >= 4 is 29.8 Å². The second-order valence-corrected chi connectivity index (χ2v) is 5.38. The molecule has 12 nitrogen and oxygen atoms in total. The second kappa shape index (κ2) is 10.9. The first kappa shape index (κ1) is 22.3. The average Bonchev–Trinajstić information content (AvgIpc) is 2.33. The largest absolute Gasteiger partial charge is 0.481 e. The number of carbonyl (C=O) groups is 5. The molecule has 0 atom stereocenters. The highest BCUT2D eigenvalue weighted by atomic mass is 16.4. The molecule has 0 aliphatic carbocycles. The lowest BCUT2D eigenvalue weighted by Crippen LogP contribution is -2.44. The average molecular weight is 364 g/mol. The summed E-state index contributed by atoms with van der Waals surface area (Å²) in [7, 11) is 0. The Bertz CT molecular complexity index is 451. The highest BCUT2D eigenvalue weighted by molar-refractivity contribution is 5.73. The van der Waals surface area contributed by atoms with E-state index in [0.717, 1.165) is 9.80 Å².